The van der Waals surface area contributed by atoms with Crippen LogP contribution >= 0.6 is 0 Å². The van der Waals surface area contributed by atoms with E-state index in [0.29, 0.717) is 0 Å². The number of carbonyl (C=O) groups is 1. The number of benzene rings is 2. The molecule has 3 rings (SSSR count). The number of aromatic nitrogens is 3. The van der Waals surface area contributed by atoms with E-state index in [2.05, 4.69) is 15.4 Å². The number of hydrogen-bond donors (Lipinski definition) is 2. The van der Waals surface area contributed by atoms with Crippen molar-refractivity contribution >= 4 is 5.91 Å². The van der Waals surface area contributed by atoms with Crippen molar-refractivity contribution in [2.45, 2.75) is 6.61 Å². The minimum atomic E-state index is -0.828. The molecule has 1 heterocycles. The highest BCUT2D eigenvalue weighted by molar-refractivity contribution is 5.97. The highest BCUT2D eigenvalue weighted by Gasteiger charge is 2.19. The first-order valence-corrected chi connectivity index (χ1v) is 7.02. The molecule has 128 valence electrons. The van der Waals surface area contributed by atoms with Gasteiger partial charge in [-0.2, -0.15) is 15.4 Å². The molecule has 0 spiro atoms. The molecule has 1 amide bonds. The molecule has 1 aromatic heterocycles. The Morgan fingerprint density at radius 1 is 1.04 bits per heavy atom. The third kappa shape index (κ3) is 3.60. The van der Waals surface area contributed by atoms with Crippen LogP contribution in [0.1, 0.15) is 16.1 Å². The highest BCUT2D eigenvalue weighted by atomic mass is 19.1. The van der Waals surface area contributed by atoms with Gasteiger partial charge in [-0.3, -0.25) is 4.79 Å². The lowest BCUT2D eigenvalue weighted by Gasteiger charge is -2.11. The molecular formula is C16H11F3N4O2. The summed E-state index contributed by atoms with van der Waals surface area (Å²) in [5.74, 6) is -2.93. The molecule has 0 aliphatic heterocycles. The number of aromatic amines is 1. The fraction of sp³-hybridized carbons (Fsp3) is 0.0625. The maximum atomic E-state index is 13.6. The van der Waals surface area contributed by atoms with Crippen molar-refractivity contribution in [3.05, 3.63) is 65.1 Å². The normalized spacial score (nSPS) is 10.7. The zero-order valence-electron chi connectivity index (χ0n) is 12.6. The van der Waals surface area contributed by atoms with Crippen LogP contribution in [0.5, 0.6) is 5.75 Å². The van der Waals surface area contributed by atoms with Gasteiger partial charge in [-0.05, 0) is 29.8 Å². The van der Waals surface area contributed by atoms with Crippen LogP contribution in [0.15, 0.2) is 36.4 Å². The monoisotopic (exact) mass is 348 g/mol. The molecule has 0 bridgehead atoms. The molecule has 0 fully saturated rings. The Morgan fingerprint density at radius 2 is 1.76 bits per heavy atom. The summed E-state index contributed by atoms with van der Waals surface area (Å²) < 4.78 is 45.5. The van der Waals surface area contributed by atoms with Gasteiger partial charge < -0.3 is 10.5 Å². The maximum Gasteiger partial charge on any atom is 0.271 e. The Labute approximate surface area is 139 Å². The predicted molar refractivity (Wildman–Crippen MR) is 81.0 cm³/mol. The van der Waals surface area contributed by atoms with E-state index >= 15 is 0 Å². The molecule has 3 N–H and O–H groups in total. The Hall–Kier alpha value is -3.36. The second kappa shape index (κ2) is 6.63. The molecule has 25 heavy (non-hydrogen) atoms. The highest BCUT2D eigenvalue weighted by Crippen LogP contribution is 2.31. The van der Waals surface area contributed by atoms with Crippen LogP contribution in [0.3, 0.4) is 0 Å². The minimum absolute atomic E-state index is 0.0149. The average Bonchev–Trinajstić information content (AvgIpc) is 3.02. The van der Waals surface area contributed by atoms with Crippen molar-refractivity contribution in [2.24, 2.45) is 5.73 Å². The third-order valence-electron chi connectivity index (χ3n) is 3.30. The summed E-state index contributed by atoms with van der Waals surface area (Å²) in [5.41, 5.74) is 5.61. The van der Waals surface area contributed by atoms with Crippen LogP contribution < -0.4 is 10.5 Å². The van der Waals surface area contributed by atoms with Crippen molar-refractivity contribution < 1.29 is 22.7 Å². The van der Waals surface area contributed by atoms with E-state index in [1.807, 2.05) is 0 Å². The number of ether oxygens (including phenoxy) is 1. The number of amides is 1. The molecule has 2 aromatic carbocycles. The van der Waals surface area contributed by atoms with Crippen LogP contribution in [0.2, 0.25) is 0 Å². The molecule has 0 aliphatic carbocycles. The van der Waals surface area contributed by atoms with Gasteiger partial charge in [0.15, 0.2) is 5.69 Å². The van der Waals surface area contributed by atoms with E-state index in [0.717, 1.165) is 30.3 Å². The molecule has 0 unspecified atom stereocenters. The van der Waals surface area contributed by atoms with Gasteiger partial charge in [-0.15, -0.1) is 0 Å². The van der Waals surface area contributed by atoms with E-state index < -0.39 is 23.4 Å². The molecule has 9 heteroatoms. The fourth-order valence-corrected chi connectivity index (χ4v) is 2.26. The molecule has 0 saturated heterocycles. The van der Waals surface area contributed by atoms with Gasteiger partial charge in [0, 0.05) is 17.7 Å². The zero-order chi connectivity index (χ0) is 18.0. The Kier molecular flexibility index (Phi) is 4.38. The number of hydrogen-bond acceptors (Lipinski definition) is 4. The lowest BCUT2D eigenvalue weighted by Crippen LogP contribution is -2.13. The minimum Gasteiger partial charge on any atom is -0.488 e. The summed E-state index contributed by atoms with van der Waals surface area (Å²) in [6.07, 6.45) is 0. The largest absolute Gasteiger partial charge is 0.488 e. The van der Waals surface area contributed by atoms with Crippen molar-refractivity contribution in [1.29, 1.82) is 0 Å². The van der Waals surface area contributed by atoms with Crippen LogP contribution in [0, 0.1) is 17.5 Å². The second-order valence-corrected chi connectivity index (χ2v) is 5.09. The number of halogens is 3. The van der Waals surface area contributed by atoms with E-state index in [-0.39, 0.29) is 34.9 Å². The molecule has 3 aromatic rings. The molecule has 0 radical (unpaired) electrons. The Morgan fingerprint density at radius 3 is 2.44 bits per heavy atom. The first-order chi connectivity index (χ1) is 11.9. The number of rotatable bonds is 5. The van der Waals surface area contributed by atoms with Crippen molar-refractivity contribution in [1.82, 2.24) is 15.4 Å². The first-order valence-electron chi connectivity index (χ1n) is 7.02. The molecule has 0 aliphatic rings. The summed E-state index contributed by atoms with van der Waals surface area (Å²) >= 11 is 0. The Bertz CT molecular complexity index is 923. The summed E-state index contributed by atoms with van der Waals surface area (Å²) in [6.45, 7) is -0.227. The van der Waals surface area contributed by atoms with E-state index in [1.165, 1.54) is 6.07 Å². The van der Waals surface area contributed by atoms with Gasteiger partial charge in [-0.25, -0.2) is 13.2 Å². The Balaban J connectivity index is 1.94. The van der Waals surface area contributed by atoms with Gasteiger partial charge in [-0.1, -0.05) is 0 Å². The number of nitrogens with two attached hydrogens (primary N) is 1. The standard InChI is InChI=1S/C16H11F3N4O2/c17-9-1-2-12(14-15(16(20)24)22-23-21-14)13(6-9)25-7-8-3-10(18)5-11(19)4-8/h1-6H,7H2,(H2,20,24)(H,21,22,23). The summed E-state index contributed by atoms with van der Waals surface area (Å²) in [7, 11) is 0. The van der Waals surface area contributed by atoms with Crippen molar-refractivity contribution in [3.63, 3.8) is 0 Å². The number of primary amides is 1. The van der Waals surface area contributed by atoms with Crippen molar-refractivity contribution in [3.8, 4) is 17.0 Å². The third-order valence-corrected chi connectivity index (χ3v) is 3.30. The predicted octanol–water partition coefficient (Wildman–Crippen LogP) is 2.57. The lowest BCUT2D eigenvalue weighted by atomic mass is 10.1. The number of H-pyrrole nitrogens is 1. The van der Waals surface area contributed by atoms with E-state index in [9.17, 15) is 18.0 Å². The smallest absolute Gasteiger partial charge is 0.271 e. The van der Waals surface area contributed by atoms with Crippen molar-refractivity contribution in [2.75, 3.05) is 0 Å². The summed E-state index contributed by atoms with van der Waals surface area (Å²) in [6, 6.07) is 6.45. The van der Waals surface area contributed by atoms with Gasteiger partial charge in [0.1, 0.15) is 35.5 Å². The molecule has 6 nitrogen and oxygen atoms in total. The lowest BCUT2D eigenvalue weighted by molar-refractivity contribution is 0.0996. The quantitative estimate of drug-likeness (QED) is 0.741. The van der Waals surface area contributed by atoms with E-state index in [4.69, 9.17) is 10.5 Å². The number of nitrogens with one attached hydrogen (secondary N) is 1. The van der Waals surface area contributed by atoms with Crippen LogP contribution in [-0.2, 0) is 6.61 Å². The second-order valence-electron chi connectivity index (χ2n) is 5.09. The van der Waals surface area contributed by atoms with E-state index in [1.54, 1.807) is 0 Å². The van der Waals surface area contributed by atoms with Crippen LogP contribution in [0.4, 0.5) is 13.2 Å². The number of nitrogens with zero attached hydrogens (tertiary/aromatic N) is 2. The van der Waals surface area contributed by atoms with Gasteiger partial charge in [0.05, 0.1) is 0 Å². The molecule has 0 atom stereocenters. The first kappa shape index (κ1) is 16.5. The van der Waals surface area contributed by atoms with Gasteiger partial charge in [0.2, 0.25) is 0 Å². The fourth-order valence-electron chi connectivity index (χ4n) is 2.26. The summed E-state index contributed by atoms with van der Waals surface area (Å²) in [4.78, 5) is 11.4. The van der Waals surface area contributed by atoms with Gasteiger partial charge in [0.25, 0.3) is 5.91 Å². The topological polar surface area (TPSA) is 93.9 Å². The number of carbonyl (C=O) groups excluding carboxylic acids is 1. The molecular weight excluding hydrogens is 337 g/mol. The SMILES string of the molecule is NC(=O)c1n[nH]nc1-c1ccc(F)cc1OCc1cc(F)cc(F)c1. The van der Waals surface area contributed by atoms with Crippen LogP contribution in [-0.4, -0.2) is 21.3 Å². The van der Waals surface area contributed by atoms with Crippen LogP contribution in [0.25, 0.3) is 11.3 Å². The molecule has 0 saturated carbocycles. The average molecular weight is 348 g/mol. The van der Waals surface area contributed by atoms with Gasteiger partial charge >= 0.3 is 0 Å². The summed E-state index contributed by atoms with van der Waals surface area (Å²) in [5, 5.41) is 9.72. The maximum absolute atomic E-state index is 13.6. The zero-order valence-corrected chi connectivity index (χ0v) is 12.6.